The number of Topliss-reactive ketones (excluding diaryl/α,β-unsaturated/α-hetero) is 1. The second kappa shape index (κ2) is 3.50. The van der Waals surface area contributed by atoms with Crippen LogP contribution in [0.2, 0.25) is 0 Å². The minimum absolute atomic E-state index is 0.00407. The molecule has 0 saturated heterocycles. The van der Waals surface area contributed by atoms with E-state index in [1.165, 1.54) is 0 Å². The number of hydrogen-bond acceptors (Lipinski definition) is 3. The molecule has 1 heterocycles. The van der Waals surface area contributed by atoms with Gasteiger partial charge in [0.25, 0.3) is 0 Å². The summed E-state index contributed by atoms with van der Waals surface area (Å²) in [6, 6.07) is 5.35. The van der Waals surface area contributed by atoms with Crippen LogP contribution in [0.25, 0.3) is 0 Å². The highest BCUT2D eigenvalue weighted by Crippen LogP contribution is 2.29. The zero-order valence-corrected chi connectivity index (χ0v) is 8.07. The lowest BCUT2D eigenvalue weighted by Gasteiger charge is -2.20. The van der Waals surface area contributed by atoms with Crippen molar-refractivity contribution in [2.45, 2.75) is 31.2 Å². The Hall–Kier alpha value is -1.22. The largest absolute Gasteiger partial charge is 0.319 e. The summed E-state index contributed by atoms with van der Waals surface area (Å²) in [7, 11) is 0. The second-order valence-electron chi connectivity index (χ2n) is 3.91. The van der Waals surface area contributed by atoms with Gasteiger partial charge in [-0.3, -0.25) is 9.78 Å². The molecular formula is C11H14N2O. The van der Waals surface area contributed by atoms with Crippen LogP contribution in [-0.4, -0.2) is 16.3 Å². The fraction of sp³-hybridized carbons (Fsp3) is 0.455. The van der Waals surface area contributed by atoms with Crippen LogP contribution in [0.15, 0.2) is 24.4 Å². The van der Waals surface area contributed by atoms with Crippen LogP contribution >= 0.6 is 0 Å². The Morgan fingerprint density at radius 2 is 2.07 bits per heavy atom. The first-order valence-corrected chi connectivity index (χ1v) is 4.97. The molecule has 14 heavy (non-hydrogen) atoms. The molecule has 0 bridgehead atoms. The van der Waals surface area contributed by atoms with Crippen molar-refractivity contribution < 1.29 is 4.79 Å². The molecule has 0 radical (unpaired) electrons. The summed E-state index contributed by atoms with van der Waals surface area (Å²) in [5.41, 5.74) is 5.90. The molecule has 3 nitrogen and oxygen atoms in total. The van der Waals surface area contributed by atoms with Crippen molar-refractivity contribution in [3.8, 4) is 0 Å². The van der Waals surface area contributed by atoms with Crippen molar-refractivity contribution in [2.24, 2.45) is 5.73 Å². The van der Waals surface area contributed by atoms with Gasteiger partial charge < -0.3 is 5.73 Å². The summed E-state index contributed by atoms with van der Waals surface area (Å²) in [6.07, 6.45) is 5.32. The lowest BCUT2D eigenvalue weighted by Crippen LogP contribution is -2.45. The predicted octanol–water partition coefficient (Wildman–Crippen LogP) is 1.54. The van der Waals surface area contributed by atoms with E-state index in [9.17, 15) is 4.79 Å². The molecule has 0 unspecified atom stereocenters. The first-order chi connectivity index (χ1) is 6.72. The molecule has 1 saturated carbocycles. The molecule has 0 spiro atoms. The summed E-state index contributed by atoms with van der Waals surface area (Å²) in [5.74, 6) is -0.00407. The molecule has 1 fully saturated rings. The highest BCUT2D eigenvalue weighted by atomic mass is 16.1. The summed E-state index contributed by atoms with van der Waals surface area (Å²) in [4.78, 5) is 16.0. The third kappa shape index (κ3) is 1.55. The molecule has 1 aliphatic rings. The molecule has 3 heteroatoms. The molecule has 0 aromatic carbocycles. The zero-order valence-electron chi connectivity index (χ0n) is 8.07. The average molecular weight is 190 g/mol. The van der Waals surface area contributed by atoms with Crippen molar-refractivity contribution in [1.82, 2.24) is 4.98 Å². The number of aromatic nitrogens is 1. The third-order valence-corrected chi connectivity index (χ3v) is 2.85. The predicted molar refractivity (Wildman–Crippen MR) is 54.0 cm³/mol. The van der Waals surface area contributed by atoms with Crippen LogP contribution in [-0.2, 0) is 0 Å². The van der Waals surface area contributed by atoms with Crippen LogP contribution < -0.4 is 5.73 Å². The highest BCUT2D eigenvalue weighted by molar-refractivity contribution is 6.01. The van der Waals surface area contributed by atoms with E-state index in [1.54, 1.807) is 18.3 Å². The van der Waals surface area contributed by atoms with Gasteiger partial charge in [0, 0.05) is 6.20 Å². The maximum Gasteiger partial charge on any atom is 0.200 e. The molecule has 2 N–H and O–H groups in total. The number of nitrogens with zero attached hydrogens (tertiary/aromatic N) is 1. The van der Waals surface area contributed by atoms with Crippen molar-refractivity contribution in [3.63, 3.8) is 0 Å². The van der Waals surface area contributed by atoms with Crippen LogP contribution in [0.1, 0.15) is 36.2 Å². The second-order valence-corrected chi connectivity index (χ2v) is 3.91. The Morgan fingerprint density at radius 1 is 1.36 bits per heavy atom. The number of hydrogen-bond donors (Lipinski definition) is 1. The van der Waals surface area contributed by atoms with Crippen LogP contribution in [0.3, 0.4) is 0 Å². The number of pyridine rings is 1. The van der Waals surface area contributed by atoms with E-state index >= 15 is 0 Å². The smallest absolute Gasteiger partial charge is 0.200 e. The van der Waals surface area contributed by atoms with E-state index in [1.807, 2.05) is 6.07 Å². The van der Waals surface area contributed by atoms with Crippen molar-refractivity contribution >= 4 is 5.78 Å². The normalized spacial score (nSPS) is 19.5. The van der Waals surface area contributed by atoms with Crippen molar-refractivity contribution in [3.05, 3.63) is 30.1 Å². The SMILES string of the molecule is NC1(C(=O)c2ccccn2)CCCC1. The van der Waals surface area contributed by atoms with E-state index in [4.69, 9.17) is 5.73 Å². The summed E-state index contributed by atoms with van der Waals surface area (Å²) in [6.45, 7) is 0. The van der Waals surface area contributed by atoms with Gasteiger partial charge in [0.05, 0.1) is 5.54 Å². The highest BCUT2D eigenvalue weighted by Gasteiger charge is 2.37. The maximum absolute atomic E-state index is 12.0. The molecule has 74 valence electrons. The Labute approximate surface area is 83.3 Å². The maximum atomic E-state index is 12.0. The number of carbonyl (C=O) groups excluding carboxylic acids is 1. The van der Waals surface area contributed by atoms with Gasteiger partial charge in [0.1, 0.15) is 5.69 Å². The van der Waals surface area contributed by atoms with E-state index in [-0.39, 0.29) is 5.78 Å². The summed E-state index contributed by atoms with van der Waals surface area (Å²) >= 11 is 0. The average Bonchev–Trinajstić information content (AvgIpc) is 2.67. The van der Waals surface area contributed by atoms with E-state index in [0.29, 0.717) is 5.69 Å². The van der Waals surface area contributed by atoms with Gasteiger partial charge in [-0.15, -0.1) is 0 Å². The zero-order chi connectivity index (χ0) is 10.0. The van der Waals surface area contributed by atoms with Crippen LogP contribution in [0, 0.1) is 0 Å². The van der Waals surface area contributed by atoms with Crippen molar-refractivity contribution in [2.75, 3.05) is 0 Å². The van der Waals surface area contributed by atoms with Crippen LogP contribution in [0.5, 0.6) is 0 Å². The van der Waals surface area contributed by atoms with E-state index < -0.39 is 5.54 Å². The topological polar surface area (TPSA) is 56.0 Å². The van der Waals surface area contributed by atoms with Gasteiger partial charge >= 0.3 is 0 Å². The molecule has 0 aliphatic heterocycles. The van der Waals surface area contributed by atoms with Gasteiger partial charge in [-0.1, -0.05) is 18.9 Å². The quantitative estimate of drug-likeness (QED) is 0.719. The summed E-state index contributed by atoms with van der Waals surface area (Å²) in [5, 5.41) is 0. The number of ketones is 1. The Kier molecular flexibility index (Phi) is 2.33. The molecule has 1 aliphatic carbocycles. The standard InChI is InChI=1S/C11H14N2O/c12-11(6-2-3-7-11)10(14)9-5-1-4-8-13-9/h1,4-5,8H,2-3,6-7,12H2. The van der Waals surface area contributed by atoms with Gasteiger partial charge in [0.15, 0.2) is 0 Å². The molecule has 1 aromatic heterocycles. The Balaban J connectivity index is 2.24. The van der Waals surface area contributed by atoms with Gasteiger partial charge in [-0.2, -0.15) is 0 Å². The fourth-order valence-corrected chi connectivity index (χ4v) is 1.99. The Bertz CT molecular complexity index is 328. The summed E-state index contributed by atoms with van der Waals surface area (Å²) < 4.78 is 0. The number of nitrogens with two attached hydrogens (primary N) is 1. The fourth-order valence-electron chi connectivity index (χ4n) is 1.99. The number of carbonyl (C=O) groups is 1. The minimum Gasteiger partial charge on any atom is -0.319 e. The first-order valence-electron chi connectivity index (χ1n) is 4.97. The molecule has 0 atom stereocenters. The van der Waals surface area contributed by atoms with E-state index in [2.05, 4.69) is 4.98 Å². The Morgan fingerprint density at radius 3 is 2.64 bits per heavy atom. The van der Waals surface area contributed by atoms with Gasteiger partial charge in [-0.25, -0.2) is 0 Å². The molecule has 0 amide bonds. The van der Waals surface area contributed by atoms with Gasteiger partial charge in [0.2, 0.25) is 5.78 Å². The minimum atomic E-state index is -0.644. The lowest BCUT2D eigenvalue weighted by molar-refractivity contribution is 0.0887. The molecular weight excluding hydrogens is 176 g/mol. The molecule has 1 aromatic rings. The first kappa shape index (κ1) is 9.34. The molecule has 2 rings (SSSR count). The van der Waals surface area contributed by atoms with Gasteiger partial charge in [-0.05, 0) is 25.0 Å². The third-order valence-electron chi connectivity index (χ3n) is 2.85. The monoisotopic (exact) mass is 190 g/mol. The lowest BCUT2D eigenvalue weighted by atomic mass is 9.91. The van der Waals surface area contributed by atoms with Crippen LogP contribution in [0.4, 0.5) is 0 Å². The number of rotatable bonds is 2. The van der Waals surface area contributed by atoms with Crippen molar-refractivity contribution in [1.29, 1.82) is 0 Å². The van der Waals surface area contributed by atoms with E-state index in [0.717, 1.165) is 25.7 Å².